The van der Waals surface area contributed by atoms with Crippen molar-refractivity contribution in [2.75, 3.05) is 14.2 Å². The molecular formula is C23H22N4O2. The van der Waals surface area contributed by atoms with Crippen molar-refractivity contribution in [2.45, 2.75) is 20.4 Å². The van der Waals surface area contributed by atoms with Gasteiger partial charge in [0.1, 0.15) is 5.69 Å². The molecule has 2 aromatic carbocycles. The van der Waals surface area contributed by atoms with E-state index in [2.05, 4.69) is 24.9 Å². The maximum absolute atomic E-state index is 9.12. The van der Waals surface area contributed by atoms with Crippen LogP contribution in [0.15, 0.2) is 42.6 Å². The molecule has 0 aliphatic rings. The third kappa shape index (κ3) is 3.25. The van der Waals surface area contributed by atoms with Gasteiger partial charge < -0.3 is 9.47 Å². The van der Waals surface area contributed by atoms with E-state index in [0.29, 0.717) is 23.0 Å². The van der Waals surface area contributed by atoms with Crippen molar-refractivity contribution in [2.24, 2.45) is 5.92 Å². The summed E-state index contributed by atoms with van der Waals surface area (Å²) in [7, 11) is 3.24. The summed E-state index contributed by atoms with van der Waals surface area (Å²) >= 11 is 0. The van der Waals surface area contributed by atoms with Crippen LogP contribution in [0.4, 0.5) is 0 Å². The van der Waals surface area contributed by atoms with E-state index in [1.165, 1.54) is 0 Å². The van der Waals surface area contributed by atoms with Crippen LogP contribution in [-0.2, 0) is 6.54 Å². The summed E-state index contributed by atoms with van der Waals surface area (Å²) in [6.45, 7) is 5.11. The normalized spacial score (nSPS) is 11.2. The number of hydrogen-bond donors (Lipinski definition) is 0. The van der Waals surface area contributed by atoms with Crippen molar-refractivity contribution in [3.8, 4) is 28.8 Å². The van der Waals surface area contributed by atoms with E-state index in [1.807, 2.05) is 47.3 Å². The van der Waals surface area contributed by atoms with E-state index >= 15 is 0 Å². The number of fused-ring (bicyclic) bond motifs is 3. The van der Waals surface area contributed by atoms with Crippen molar-refractivity contribution in [3.05, 3.63) is 48.2 Å². The number of aromatic nitrogens is 3. The molecule has 0 atom stereocenters. The molecule has 0 N–H and O–H groups in total. The fourth-order valence-corrected chi connectivity index (χ4v) is 3.57. The summed E-state index contributed by atoms with van der Waals surface area (Å²) in [6.07, 6.45) is 1.87. The molecule has 6 nitrogen and oxygen atoms in total. The minimum Gasteiger partial charge on any atom is -0.493 e. The lowest BCUT2D eigenvalue weighted by Gasteiger charge is -2.10. The van der Waals surface area contributed by atoms with E-state index in [0.717, 1.165) is 39.6 Å². The zero-order chi connectivity index (χ0) is 20.5. The number of hydrogen-bond acceptors (Lipinski definition) is 5. The molecule has 4 aromatic rings. The summed E-state index contributed by atoms with van der Waals surface area (Å²) in [6, 6.07) is 13.5. The third-order valence-electron chi connectivity index (χ3n) is 4.91. The van der Waals surface area contributed by atoms with Gasteiger partial charge in [-0.15, -0.1) is 0 Å². The Hall–Kier alpha value is -3.59. The van der Waals surface area contributed by atoms with Crippen LogP contribution in [-0.4, -0.2) is 29.0 Å². The van der Waals surface area contributed by atoms with Crippen LogP contribution in [0.2, 0.25) is 0 Å². The maximum atomic E-state index is 9.12. The highest BCUT2D eigenvalue weighted by atomic mass is 16.5. The van der Waals surface area contributed by atoms with Gasteiger partial charge in [-0.05, 0) is 24.1 Å². The van der Waals surface area contributed by atoms with Gasteiger partial charge in [0.25, 0.3) is 0 Å². The largest absolute Gasteiger partial charge is 0.493 e. The Labute approximate surface area is 169 Å². The summed E-state index contributed by atoms with van der Waals surface area (Å²) < 4.78 is 13.0. The van der Waals surface area contributed by atoms with Crippen LogP contribution in [0.3, 0.4) is 0 Å². The molecule has 29 heavy (non-hydrogen) atoms. The predicted octanol–water partition coefficient (Wildman–Crippen LogP) is 4.80. The molecule has 0 spiro atoms. The number of rotatable bonds is 5. The second-order valence-corrected chi connectivity index (χ2v) is 7.36. The zero-order valence-corrected chi connectivity index (χ0v) is 16.9. The van der Waals surface area contributed by atoms with Crippen LogP contribution in [0.1, 0.15) is 19.4 Å². The third-order valence-corrected chi connectivity index (χ3v) is 4.91. The average molecular weight is 386 g/mol. The van der Waals surface area contributed by atoms with Crippen LogP contribution < -0.4 is 9.47 Å². The first-order valence-corrected chi connectivity index (χ1v) is 9.47. The van der Waals surface area contributed by atoms with Crippen molar-refractivity contribution >= 4 is 21.8 Å². The molecule has 0 unspecified atom stereocenters. The molecule has 0 fully saturated rings. The first kappa shape index (κ1) is 18.8. The van der Waals surface area contributed by atoms with Crippen molar-refractivity contribution in [1.82, 2.24) is 14.8 Å². The Morgan fingerprint density at radius 3 is 2.38 bits per heavy atom. The summed E-state index contributed by atoms with van der Waals surface area (Å²) in [4.78, 5) is 4.66. The number of pyridine rings is 1. The zero-order valence-electron chi connectivity index (χ0n) is 16.9. The second kappa shape index (κ2) is 7.44. The fourth-order valence-electron chi connectivity index (χ4n) is 3.57. The van der Waals surface area contributed by atoms with Gasteiger partial charge in [0.05, 0.1) is 43.1 Å². The SMILES string of the molecule is COc1cc2ncc3c(c(-c4ccc(C#N)cc4)nn3CC(C)C)c2cc1OC. The Balaban J connectivity index is 2.06. The van der Waals surface area contributed by atoms with Gasteiger partial charge >= 0.3 is 0 Å². The van der Waals surface area contributed by atoms with Gasteiger partial charge in [-0.2, -0.15) is 10.4 Å². The lowest BCUT2D eigenvalue weighted by molar-refractivity contribution is 0.356. The van der Waals surface area contributed by atoms with Gasteiger partial charge in [-0.1, -0.05) is 26.0 Å². The van der Waals surface area contributed by atoms with Crippen LogP contribution in [0.5, 0.6) is 11.5 Å². The van der Waals surface area contributed by atoms with Crippen LogP contribution in [0.25, 0.3) is 33.1 Å². The topological polar surface area (TPSA) is 73.0 Å². The second-order valence-electron chi connectivity index (χ2n) is 7.36. The van der Waals surface area contributed by atoms with Gasteiger partial charge in [0.2, 0.25) is 0 Å². The first-order chi connectivity index (χ1) is 14.0. The van der Waals surface area contributed by atoms with E-state index in [-0.39, 0.29) is 0 Å². The first-order valence-electron chi connectivity index (χ1n) is 9.47. The Morgan fingerprint density at radius 1 is 1.07 bits per heavy atom. The van der Waals surface area contributed by atoms with E-state index < -0.39 is 0 Å². The number of nitriles is 1. The Bertz CT molecular complexity index is 1230. The number of nitrogens with zero attached hydrogens (tertiary/aromatic N) is 4. The highest BCUT2D eigenvalue weighted by Crippen LogP contribution is 2.38. The van der Waals surface area contributed by atoms with E-state index in [1.54, 1.807) is 14.2 Å². The lowest BCUT2D eigenvalue weighted by Crippen LogP contribution is -2.06. The highest BCUT2D eigenvalue weighted by molar-refractivity contribution is 6.11. The predicted molar refractivity (Wildman–Crippen MR) is 113 cm³/mol. The molecule has 2 aromatic heterocycles. The van der Waals surface area contributed by atoms with Crippen molar-refractivity contribution < 1.29 is 9.47 Å². The highest BCUT2D eigenvalue weighted by Gasteiger charge is 2.18. The number of ether oxygens (including phenoxy) is 2. The van der Waals surface area contributed by atoms with Gasteiger partial charge in [-0.25, -0.2) is 0 Å². The van der Waals surface area contributed by atoms with Gasteiger partial charge in [0, 0.05) is 28.9 Å². The molecule has 0 bridgehead atoms. The minimum atomic E-state index is 0.438. The van der Waals surface area contributed by atoms with Crippen molar-refractivity contribution in [1.29, 1.82) is 5.26 Å². The summed E-state index contributed by atoms with van der Waals surface area (Å²) in [5, 5.41) is 16.0. The van der Waals surface area contributed by atoms with Crippen molar-refractivity contribution in [3.63, 3.8) is 0 Å². The molecule has 0 amide bonds. The average Bonchev–Trinajstić information content (AvgIpc) is 3.10. The van der Waals surface area contributed by atoms with E-state index in [9.17, 15) is 0 Å². The molecule has 146 valence electrons. The number of methoxy groups -OCH3 is 2. The summed E-state index contributed by atoms with van der Waals surface area (Å²) in [5.74, 6) is 1.73. The quantitative estimate of drug-likeness (QED) is 0.493. The molecule has 0 aliphatic heterocycles. The molecule has 4 rings (SSSR count). The summed E-state index contributed by atoms with van der Waals surface area (Å²) in [5.41, 5.74) is 4.23. The molecular weight excluding hydrogens is 364 g/mol. The lowest BCUT2D eigenvalue weighted by atomic mass is 10.0. The van der Waals surface area contributed by atoms with Gasteiger partial charge in [-0.3, -0.25) is 9.67 Å². The Kier molecular flexibility index (Phi) is 4.81. The number of benzene rings is 2. The minimum absolute atomic E-state index is 0.438. The van der Waals surface area contributed by atoms with Gasteiger partial charge in [0.15, 0.2) is 11.5 Å². The molecule has 0 radical (unpaired) electrons. The van der Waals surface area contributed by atoms with Crippen LogP contribution >= 0.6 is 0 Å². The molecule has 0 aliphatic carbocycles. The fraction of sp³-hybridized carbons (Fsp3) is 0.261. The molecule has 0 saturated carbocycles. The smallest absolute Gasteiger partial charge is 0.162 e. The molecule has 2 heterocycles. The Morgan fingerprint density at radius 2 is 1.76 bits per heavy atom. The van der Waals surface area contributed by atoms with Crippen LogP contribution in [0, 0.1) is 17.2 Å². The van der Waals surface area contributed by atoms with E-state index in [4.69, 9.17) is 19.8 Å². The molecule has 0 saturated heterocycles. The monoisotopic (exact) mass is 386 g/mol. The molecule has 6 heteroatoms. The standard InChI is InChI=1S/C23H22N4O2/c1-14(2)13-27-19-12-25-18-10-21(29-4)20(28-3)9-17(18)22(19)23(26-27)16-7-5-15(11-24)6-8-16/h5-10,12,14H,13H2,1-4H3. The maximum Gasteiger partial charge on any atom is 0.162 e.